The number of anilines is 2. The zero-order valence-corrected chi connectivity index (χ0v) is 15.2. The van der Waals surface area contributed by atoms with Gasteiger partial charge < -0.3 is 11.1 Å². The highest BCUT2D eigenvalue weighted by atomic mass is 35.5. The minimum Gasteiger partial charge on any atom is -0.383 e. The third-order valence-electron chi connectivity index (χ3n) is 4.61. The van der Waals surface area contributed by atoms with E-state index in [1.807, 2.05) is 54.6 Å². The number of hydrogen-bond acceptors (Lipinski definition) is 5. The maximum atomic E-state index is 6.48. The first-order valence-electron chi connectivity index (χ1n) is 8.84. The Kier molecular flexibility index (Phi) is 3.72. The van der Waals surface area contributed by atoms with Crippen molar-refractivity contribution in [2.24, 2.45) is 0 Å². The molecular formula is C20H17ClN6. The number of hydrogen-bond donors (Lipinski definition) is 2. The first-order valence-corrected chi connectivity index (χ1v) is 9.21. The molecule has 6 nitrogen and oxygen atoms in total. The van der Waals surface area contributed by atoms with Crippen LogP contribution in [0, 0.1) is 0 Å². The zero-order valence-electron chi connectivity index (χ0n) is 14.4. The fraction of sp³-hybridized carbons (Fsp3) is 0.150. The molecule has 4 aromatic rings. The van der Waals surface area contributed by atoms with Crippen LogP contribution in [-0.4, -0.2) is 25.8 Å². The maximum absolute atomic E-state index is 6.48. The van der Waals surface area contributed by atoms with Gasteiger partial charge in [0.15, 0.2) is 5.65 Å². The van der Waals surface area contributed by atoms with Crippen LogP contribution in [0.1, 0.15) is 12.8 Å². The van der Waals surface area contributed by atoms with Crippen molar-refractivity contribution in [3.8, 4) is 16.9 Å². The second-order valence-electron chi connectivity index (χ2n) is 6.63. The molecule has 1 aliphatic carbocycles. The summed E-state index contributed by atoms with van der Waals surface area (Å²) in [4.78, 5) is 9.34. The van der Waals surface area contributed by atoms with E-state index in [1.54, 1.807) is 4.68 Å². The van der Waals surface area contributed by atoms with Gasteiger partial charge in [-0.1, -0.05) is 48.0 Å². The van der Waals surface area contributed by atoms with E-state index in [2.05, 4.69) is 15.4 Å². The normalized spacial score (nSPS) is 13.8. The van der Waals surface area contributed by atoms with Crippen LogP contribution in [0.3, 0.4) is 0 Å². The number of nitrogens with one attached hydrogen (secondary N) is 1. The monoisotopic (exact) mass is 376 g/mol. The van der Waals surface area contributed by atoms with E-state index in [4.69, 9.17) is 22.3 Å². The van der Waals surface area contributed by atoms with E-state index in [1.165, 1.54) is 0 Å². The van der Waals surface area contributed by atoms with Crippen LogP contribution >= 0.6 is 11.6 Å². The number of rotatable bonds is 4. The van der Waals surface area contributed by atoms with E-state index >= 15 is 0 Å². The second kappa shape index (κ2) is 6.25. The van der Waals surface area contributed by atoms with Crippen LogP contribution in [-0.2, 0) is 0 Å². The van der Waals surface area contributed by atoms with Crippen LogP contribution < -0.4 is 11.1 Å². The Balaban J connectivity index is 1.78. The van der Waals surface area contributed by atoms with Gasteiger partial charge in [0.1, 0.15) is 5.82 Å². The summed E-state index contributed by atoms with van der Waals surface area (Å²) >= 11 is 6.46. The summed E-state index contributed by atoms with van der Waals surface area (Å²) in [6.07, 6.45) is 2.26. The number of nitrogens with zero attached hydrogens (tertiary/aromatic N) is 4. The van der Waals surface area contributed by atoms with Gasteiger partial charge in [-0.3, -0.25) is 0 Å². The van der Waals surface area contributed by atoms with Gasteiger partial charge in [0.25, 0.3) is 0 Å². The Morgan fingerprint density at radius 2 is 1.74 bits per heavy atom. The third-order valence-corrected chi connectivity index (χ3v) is 4.94. The first-order chi connectivity index (χ1) is 13.2. The predicted molar refractivity (Wildman–Crippen MR) is 108 cm³/mol. The molecule has 3 N–H and O–H groups in total. The number of para-hydroxylation sites is 1. The summed E-state index contributed by atoms with van der Waals surface area (Å²) in [7, 11) is 0. The van der Waals surface area contributed by atoms with Crippen molar-refractivity contribution in [3.63, 3.8) is 0 Å². The molecule has 0 bridgehead atoms. The molecule has 0 radical (unpaired) electrons. The van der Waals surface area contributed by atoms with E-state index in [9.17, 15) is 0 Å². The Morgan fingerprint density at radius 1 is 1.00 bits per heavy atom. The predicted octanol–water partition coefficient (Wildman–Crippen LogP) is 4.29. The van der Waals surface area contributed by atoms with Crippen molar-refractivity contribution < 1.29 is 0 Å². The highest BCUT2D eigenvalue weighted by Gasteiger charge is 2.25. The van der Waals surface area contributed by atoms with Crippen LogP contribution in [0.4, 0.5) is 11.8 Å². The van der Waals surface area contributed by atoms with Crippen LogP contribution in [0.5, 0.6) is 0 Å². The van der Waals surface area contributed by atoms with Gasteiger partial charge in [0, 0.05) is 16.6 Å². The molecule has 1 fully saturated rings. The Bertz CT molecular complexity index is 1130. The average molecular weight is 377 g/mol. The second-order valence-corrected chi connectivity index (χ2v) is 7.03. The van der Waals surface area contributed by atoms with Gasteiger partial charge in [0.05, 0.1) is 16.8 Å². The molecular weight excluding hydrogens is 360 g/mol. The summed E-state index contributed by atoms with van der Waals surface area (Å²) in [6.45, 7) is 0. The van der Waals surface area contributed by atoms with Gasteiger partial charge in [-0.15, -0.1) is 5.10 Å². The van der Waals surface area contributed by atoms with Crippen molar-refractivity contribution in [1.82, 2.24) is 19.7 Å². The molecule has 27 heavy (non-hydrogen) atoms. The van der Waals surface area contributed by atoms with Crippen LogP contribution in [0.15, 0.2) is 54.6 Å². The largest absolute Gasteiger partial charge is 0.383 e. The lowest BCUT2D eigenvalue weighted by atomic mass is 10.1. The smallest absolute Gasteiger partial charge is 0.225 e. The molecule has 1 aliphatic rings. The standard InChI is InChI=1S/C20H17ClN6/c21-15-9-5-4-8-14(15)17-16-18(22)27(13-6-2-1-3-7-13)26-19(16)25-20(24-17)23-12-10-11-12/h1-9,12H,10-11,22H2,(H,23,25,26). The number of fused-ring (bicyclic) bond motifs is 1. The van der Waals surface area contributed by atoms with Crippen LogP contribution in [0.25, 0.3) is 28.0 Å². The highest BCUT2D eigenvalue weighted by Crippen LogP contribution is 2.36. The lowest BCUT2D eigenvalue weighted by Crippen LogP contribution is -2.06. The van der Waals surface area contributed by atoms with Crippen LogP contribution in [0.2, 0.25) is 5.02 Å². The summed E-state index contributed by atoms with van der Waals surface area (Å²) in [6, 6.07) is 17.8. The molecule has 0 amide bonds. The lowest BCUT2D eigenvalue weighted by Gasteiger charge is -2.09. The Hall–Kier alpha value is -3.12. The fourth-order valence-electron chi connectivity index (χ4n) is 3.10. The summed E-state index contributed by atoms with van der Waals surface area (Å²) in [5.74, 6) is 1.04. The van der Waals surface area contributed by atoms with Crippen molar-refractivity contribution >= 4 is 34.4 Å². The molecule has 0 spiro atoms. The van der Waals surface area contributed by atoms with Gasteiger partial charge in [-0.05, 0) is 31.0 Å². The van der Waals surface area contributed by atoms with Gasteiger partial charge in [0.2, 0.25) is 5.95 Å². The van der Waals surface area contributed by atoms with Crippen molar-refractivity contribution in [1.29, 1.82) is 0 Å². The van der Waals surface area contributed by atoms with Crippen molar-refractivity contribution in [2.45, 2.75) is 18.9 Å². The number of benzene rings is 2. The van der Waals surface area contributed by atoms with E-state index < -0.39 is 0 Å². The van der Waals surface area contributed by atoms with Gasteiger partial charge in [-0.2, -0.15) is 4.98 Å². The molecule has 7 heteroatoms. The molecule has 134 valence electrons. The number of aromatic nitrogens is 4. The number of halogens is 1. The SMILES string of the molecule is Nc1c2c(-c3ccccc3Cl)nc(NC3CC3)nc2nn1-c1ccccc1. The first kappa shape index (κ1) is 16.1. The Labute approximate surface area is 161 Å². The quantitative estimate of drug-likeness (QED) is 0.555. The third kappa shape index (κ3) is 2.88. The molecule has 0 saturated heterocycles. The van der Waals surface area contributed by atoms with E-state index in [0.717, 1.165) is 24.1 Å². The molecule has 2 aromatic heterocycles. The molecule has 0 unspecified atom stereocenters. The summed E-state index contributed by atoms with van der Waals surface area (Å²) in [5, 5.41) is 9.31. The Morgan fingerprint density at radius 3 is 2.48 bits per heavy atom. The van der Waals surface area contributed by atoms with E-state index in [0.29, 0.717) is 39.6 Å². The van der Waals surface area contributed by atoms with E-state index in [-0.39, 0.29) is 0 Å². The number of nitrogen functional groups attached to an aromatic ring is 1. The molecule has 2 heterocycles. The lowest BCUT2D eigenvalue weighted by molar-refractivity contribution is 0.899. The molecule has 5 rings (SSSR count). The minimum atomic E-state index is 0.426. The topological polar surface area (TPSA) is 81.7 Å². The zero-order chi connectivity index (χ0) is 18.4. The molecule has 0 aliphatic heterocycles. The van der Waals surface area contributed by atoms with Crippen molar-refractivity contribution in [2.75, 3.05) is 11.1 Å². The highest BCUT2D eigenvalue weighted by molar-refractivity contribution is 6.33. The summed E-state index contributed by atoms with van der Waals surface area (Å²) < 4.78 is 1.70. The molecule has 2 aromatic carbocycles. The average Bonchev–Trinajstić information content (AvgIpc) is 3.44. The minimum absolute atomic E-state index is 0.426. The summed E-state index contributed by atoms with van der Waals surface area (Å²) in [5.41, 5.74) is 9.39. The van der Waals surface area contributed by atoms with Gasteiger partial charge >= 0.3 is 0 Å². The van der Waals surface area contributed by atoms with Gasteiger partial charge in [-0.25, -0.2) is 9.67 Å². The molecule has 1 saturated carbocycles. The number of nitrogens with two attached hydrogens (primary N) is 1. The molecule has 0 atom stereocenters. The van der Waals surface area contributed by atoms with Crippen molar-refractivity contribution in [3.05, 3.63) is 59.6 Å². The maximum Gasteiger partial charge on any atom is 0.225 e. The fourth-order valence-corrected chi connectivity index (χ4v) is 3.33.